The van der Waals surface area contributed by atoms with Crippen LogP contribution in [0.3, 0.4) is 0 Å². The number of primary amides is 1. The number of aromatic nitrogens is 1. The minimum absolute atomic E-state index is 0.0726. The Bertz CT molecular complexity index is 1220. The summed E-state index contributed by atoms with van der Waals surface area (Å²) in [6, 6.07) is 3.41. The van der Waals surface area contributed by atoms with Gasteiger partial charge in [0, 0.05) is 38.3 Å². The Kier molecular flexibility index (Phi) is 7.49. The van der Waals surface area contributed by atoms with E-state index in [4.69, 9.17) is 14.9 Å². The molecule has 2 atom stereocenters. The summed E-state index contributed by atoms with van der Waals surface area (Å²) in [6.07, 6.45) is 5.49. The predicted octanol–water partition coefficient (Wildman–Crippen LogP) is 4.48. The molecule has 0 spiro atoms. The molecule has 198 valence electrons. The Hall–Kier alpha value is -3.53. The Morgan fingerprint density at radius 2 is 1.81 bits per heavy atom. The van der Waals surface area contributed by atoms with Crippen molar-refractivity contribution in [2.75, 3.05) is 32.7 Å². The second-order valence-electron chi connectivity index (χ2n) is 10.4. The third-order valence-electron chi connectivity index (χ3n) is 6.43. The molecule has 4 rings (SSSR count). The van der Waals surface area contributed by atoms with E-state index in [1.54, 1.807) is 4.90 Å². The van der Waals surface area contributed by atoms with Crippen LogP contribution in [0.5, 0.6) is 0 Å². The fourth-order valence-electron chi connectivity index (χ4n) is 4.47. The van der Waals surface area contributed by atoms with Crippen LogP contribution < -0.4 is 5.73 Å². The Labute approximate surface area is 214 Å². The van der Waals surface area contributed by atoms with Gasteiger partial charge in [0.15, 0.2) is 11.5 Å². The van der Waals surface area contributed by atoms with Gasteiger partial charge in [0.05, 0.1) is 0 Å². The number of carbonyl (C=O) groups excluding carboxylic acids is 2. The molecule has 1 aromatic carbocycles. The van der Waals surface area contributed by atoms with E-state index in [9.17, 15) is 18.4 Å². The average molecular weight is 515 g/mol. The van der Waals surface area contributed by atoms with Crippen LogP contribution in [0, 0.1) is 23.5 Å². The van der Waals surface area contributed by atoms with Gasteiger partial charge in [-0.3, -0.25) is 9.69 Å². The zero-order valence-corrected chi connectivity index (χ0v) is 21.5. The summed E-state index contributed by atoms with van der Waals surface area (Å²) in [4.78, 5) is 32.4. The van der Waals surface area contributed by atoms with Gasteiger partial charge in [0.1, 0.15) is 22.8 Å². The summed E-state index contributed by atoms with van der Waals surface area (Å²) < 4.78 is 39.7. The van der Waals surface area contributed by atoms with Crippen LogP contribution in [-0.2, 0) is 4.74 Å². The molecule has 0 saturated carbocycles. The van der Waals surface area contributed by atoms with Crippen molar-refractivity contribution in [3.8, 4) is 11.5 Å². The number of amides is 2. The highest BCUT2D eigenvalue weighted by Gasteiger charge is 2.30. The van der Waals surface area contributed by atoms with Gasteiger partial charge >= 0.3 is 6.09 Å². The van der Waals surface area contributed by atoms with Crippen LogP contribution in [-0.4, -0.2) is 65.1 Å². The summed E-state index contributed by atoms with van der Waals surface area (Å²) in [5.41, 5.74) is 4.91. The van der Waals surface area contributed by atoms with E-state index < -0.39 is 28.7 Å². The third-order valence-corrected chi connectivity index (χ3v) is 6.43. The quantitative estimate of drug-likeness (QED) is 0.632. The van der Waals surface area contributed by atoms with Crippen LogP contribution in [0.2, 0.25) is 0 Å². The number of hydrogen-bond donors (Lipinski definition) is 1. The van der Waals surface area contributed by atoms with Crippen molar-refractivity contribution >= 4 is 17.6 Å². The first kappa shape index (κ1) is 26.5. The molecule has 37 heavy (non-hydrogen) atoms. The van der Waals surface area contributed by atoms with E-state index in [1.807, 2.05) is 45.9 Å². The van der Waals surface area contributed by atoms with Crippen molar-refractivity contribution in [3.63, 3.8) is 0 Å². The summed E-state index contributed by atoms with van der Waals surface area (Å²) in [7, 11) is 0. The van der Waals surface area contributed by atoms with Gasteiger partial charge in [-0.1, -0.05) is 31.2 Å². The Morgan fingerprint density at radius 1 is 1.16 bits per heavy atom. The second kappa shape index (κ2) is 10.5. The second-order valence-corrected chi connectivity index (χ2v) is 10.4. The smallest absolute Gasteiger partial charge is 0.410 e. The van der Waals surface area contributed by atoms with E-state index in [2.05, 4.69) is 9.88 Å². The van der Waals surface area contributed by atoms with Gasteiger partial charge in [0.2, 0.25) is 5.89 Å². The lowest BCUT2D eigenvalue weighted by Crippen LogP contribution is -2.51. The summed E-state index contributed by atoms with van der Waals surface area (Å²) in [5.74, 6) is -2.56. The van der Waals surface area contributed by atoms with Crippen LogP contribution in [0.15, 0.2) is 40.8 Å². The number of ether oxygens (including phenoxy) is 1. The van der Waals surface area contributed by atoms with Gasteiger partial charge in [-0.25, -0.2) is 18.6 Å². The summed E-state index contributed by atoms with van der Waals surface area (Å²) in [6.45, 7) is 11.0. The van der Waals surface area contributed by atoms with Crippen molar-refractivity contribution in [3.05, 3.63) is 59.5 Å². The first-order chi connectivity index (χ1) is 17.4. The Morgan fingerprint density at radius 3 is 2.38 bits per heavy atom. The van der Waals surface area contributed by atoms with Crippen molar-refractivity contribution < 1.29 is 27.5 Å². The monoisotopic (exact) mass is 514 g/mol. The topological polar surface area (TPSA) is 102 Å². The van der Waals surface area contributed by atoms with Crippen molar-refractivity contribution in [2.24, 2.45) is 17.6 Å². The lowest BCUT2D eigenvalue weighted by atomic mass is 9.85. The largest absolute Gasteiger partial charge is 0.444 e. The molecule has 8 nitrogen and oxygen atoms in total. The fraction of sp³-hybridized carbons (Fsp3) is 0.444. The van der Waals surface area contributed by atoms with E-state index in [-0.39, 0.29) is 35.3 Å². The highest BCUT2D eigenvalue weighted by Crippen LogP contribution is 2.34. The molecule has 2 amide bonds. The molecule has 1 aliphatic carbocycles. The highest BCUT2D eigenvalue weighted by molar-refractivity contribution is 5.97. The van der Waals surface area contributed by atoms with Crippen molar-refractivity contribution in [1.29, 1.82) is 0 Å². The molecule has 2 unspecified atom stereocenters. The third kappa shape index (κ3) is 6.07. The lowest BCUT2D eigenvalue weighted by Gasteiger charge is -2.37. The van der Waals surface area contributed by atoms with Gasteiger partial charge in [-0.2, -0.15) is 0 Å². The van der Waals surface area contributed by atoms with E-state index >= 15 is 0 Å². The molecule has 1 aliphatic heterocycles. The summed E-state index contributed by atoms with van der Waals surface area (Å²) >= 11 is 0. The number of carbonyl (C=O) groups is 2. The highest BCUT2D eigenvalue weighted by atomic mass is 19.1. The van der Waals surface area contributed by atoms with Gasteiger partial charge < -0.3 is 19.8 Å². The molecule has 1 aromatic heterocycles. The first-order valence-corrected chi connectivity index (χ1v) is 12.3. The van der Waals surface area contributed by atoms with Crippen LogP contribution in [0.1, 0.15) is 43.9 Å². The van der Waals surface area contributed by atoms with Crippen LogP contribution >= 0.6 is 0 Å². The Balaban J connectivity index is 1.44. The molecule has 0 radical (unpaired) electrons. The first-order valence-electron chi connectivity index (χ1n) is 12.3. The van der Waals surface area contributed by atoms with E-state index in [1.165, 1.54) is 6.07 Å². The molecule has 2 aromatic rings. The molecule has 2 aliphatic rings. The number of oxazole rings is 1. The maximum Gasteiger partial charge on any atom is 0.410 e. The van der Waals surface area contributed by atoms with E-state index in [0.717, 1.165) is 31.8 Å². The minimum Gasteiger partial charge on any atom is -0.444 e. The number of piperazine rings is 1. The number of allylic oxidation sites excluding steroid dienone is 3. The van der Waals surface area contributed by atoms with Gasteiger partial charge in [0.25, 0.3) is 5.91 Å². The predicted molar refractivity (Wildman–Crippen MR) is 134 cm³/mol. The zero-order valence-electron chi connectivity index (χ0n) is 21.5. The van der Waals surface area contributed by atoms with Crippen LogP contribution in [0.4, 0.5) is 13.6 Å². The van der Waals surface area contributed by atoms with Crippen molar-refractivity contribution in [1.82, 2.24) is 14.8 Å². The molecular weight excluding hydrogens is 482 g/mol. The lowest BCUT2D eigenvalue weighted by molar-refractivity contribution is 0.0134. The van der Waals surface area contributed by atoms with Crippen molar-refractivity contribution in [2.45, 2.75) is 33.3 Å². The molecule has 10 heteroatoms. The van der Waals surface area contributed by atoms with Crippen LogP contribution in [0.25, 0.3) is 17.0 Å². The molecule has 0 bridgehead atoms. The average Bonchev–Trinajstić information content (AvgIpc) is 3.25. The number of rotatable bonds is 5. The molecule has 2 N–H and O–H groups in total. The number of benzene rings is 1. The minimum atomic E-state index is -0.853. The fourth-order valence-corrected chi connectivity index (χ4v) is 4.47. The standard InChI is InChI=1S/C27H32F2N4O4/c1-16-14-17(23-22(24(30)34)31-25(36-23)21-19(28)6-5-7-20(21)29)8-9-18(16)15-32-10-12-33(13-11-32)26(35)37-27(2,3)4/h5-9,14,16,18H,10-13,15H2,1-4H3,(H2,30,34). The number of nitrogens with two attached hydrogens (primary N) is 1. The molecular formula is C27H32F2N4O4. The zero-order chi connectivity index (χ0) is 26.9. The molecule has 2 heterocycles. The SMILES string of the molecule is CC1C=C(c2oc(-c3c(F)cccc3F)nc2C(N)=O)C=CC1CN1CCN(C(=O)OC(C)(C)C)CC1. The van der Waals surface area contributed by atoms with Gasteiger partial charge in [-0.05, 0) is 44.7 Å². The maximum absolute atomic E-state index is 14.3. The maximum atomic E-state index is 14.3. The van der Waals surface area contributed by atoms with Gasteiger partial charge in [-0.15, -0.1) is 0 Å². The molecule has 1 fully saturated rings. The molecule has 1 saturated heterocycles. The summed E-state index contributed by atoms with van der Waals surface area (Å²) in [5, 5.41) is 0. The normalized spacial score (nSPS) is 20.6. The number of hydrogen-bond acceptors (Lipinski definition) is 6. The number of halogens is 2. The number of nitrogens with zero attached hydrogens (tertiary/aromatic N) is 3. The van der Waals surface area contributed by atoms with E-state index in [0.29, 0.717) is 18.7 Å².